The van der Waals surface area contributed by atoms with Gasteiger partial charge in [-0.25, -0.2) is 4.39 Å². The second kappa shape index (κ2) is 3.65. The van der Waals surface area contributed by atoms with Crippen molar-refractivity contribution in [2.45, 2.75) is 31.1 Å². The molecule has 2 nitrogen and oxygen atoms in total. The number of halogens is 1. The molecule has 0 radical (unpaired) electrons. The Labute approximate surface area is 83.3 Å². The van der Waals surface area contributed by atoms with Crippen LogP contribution in [0.4, 0.5) is 4.39 Å². The third kappa shape index (κ3) is 1.42. The molecule has 0 aromatic carbocycles. The van der Waals surface area contributed by atoms with Crippen LogP contribution in [0.5, 0.6) is 0 Å². The van der Waals surface area contributed by atoms with Gasteiger partial charge in [0, 0.05) is 6.20 Å². The molecule has 1 fully saturated rings. The van der Waals surface area contributed by atoms with Gasteiger partial charge in [-0.2, -0.15) is 0 Å². The number of rotatable bonds is 3. The van der Waals surface area contributed by atoms with E-state index in [2.05, 4.69) is 4.98 Å². The molecule has 0 amide bonds. The SMILES string of the molecule is NCCC1(c2ccncc2F)CCC1. The molecule has 2 rings (SSSR count). The van der Waals surface area contributed by atoms with Crippen molar-refractivity contribution >= 4 is 0 Å². The zero-order valence-electron chi connectivity index (χ0n) is 8.17. The lowest BCUT2D eigenvalue weighted by molar-refractivity contribution is 0.221. The van der Waals surface area contributed by atoms with Crippen LogP contribution in [-0.4, -0.2) is 11.5 Å². The van der Waals surface area contributed by atoms with E-state index in [1.807, 2.05) is 0 Å². The third-order valence-corrected chi connectivity index (χ3v) is 3.28. The Hall–Kier alpha value is -0.960. The molecule has 14 heavy (non-hydrogen) atoms. The molecule has 76 valence electrons. The summed E-state index contributed by atoms with van der Waals surface area (Å²) in [5.41, 5.74) is 6.40. The molecule has 1 aromatic heterocycles. The van der Waals surface area contributed by atoms with Gasteiger partial charge in [-0.15, -0.1) is 0 Å². The minimum Gasteiger partial charge on any atom is -0.330 e. The molecule has 1 aromatic rings. The summed E-state index contributed by atoms with van der Waals surface area (Å²) in [4.78, 5) is 3.77. The first-order valence-corrected chi connectivity index (χ1v) is 5.08. The first-order valence-electron chi connectivity index (χ1n) is 5.08. The highest BCUT2D eigenvalue weighted by Gasteiger charge is 2.39. The largest absolute Gasteiger partial charge is 0.330 e. The van der Waals surface area contributed by atoms with Crippen molar-refractivity contribution in [1.29, 1.82) is 0 Å². The van der Waals surface area contributed by atoms with Crippen molar-refractivity contribution in [3.63, 3.8) is 0 Å². The van der Waals surface area contributed by atoms with Gasteiger partial charge >= 0.3 is 0 Å². The average molecular weight is 194 g/mol. The molecular weight excluding hydrogens is 179 g/mol. The van der Waals surface area contributed by atoms with Gasteiger partial charge in [0.05, 0.1) is 6.20 Å². The maximum atomic E-state index is 13.5. The van der Waals surface area contributed by atoms with E-state index in [0.29, 0.717) is 6.54 Å². The monoisotopic (exact) mass is 194 g/mol. The van der Waals surface area contributed by atoms with Gasteiger partial charge in [-0.3, -0.25) is 4.98 Å². The standard InChI is InChI=1S/C11H15FN2/c12-10-8-14-7-2-9(10)11(5-6-13)3-1-4-11/h2,7-8H,1,3-6,13H2. The summed E-state index contributed by atoms with van der Waals surface area (Å²) in [6, 6.07) is 1.80. The van der Waals surface area contributed by atoms with Crippen LogP contribution in [0.15, 0.2) is 18.5 Å². The Morgan fingerprint density at radius 1 is 1.50 bits per heavy atom. The van der Waals surface area contributed by atoms with Crippen LogP contribution in [0, 0.1) is 5.82 Å². The Morgan fingerprint density at radius 3 is 2.79 bits per heavy atom. The smallest absolute Gasteiger partial charge is 0.145 e. The lowest BCUT2D eigenvalue weighted by Crippen LogP contribution is -2.37. The molecule has 1 heterocycles. The molecule has 1 saturated carbocycles. The van der Waals surface area contributed by atoms with Gasteiger partial charge in [0.15, 0.2) is 0 Å². The first kappa shape index (κ1) is 9.59. The highest BCUT2D eigenvalue weighted by molar-refractivity contribution is 5.27. The van der Waals surface area contributed by atoms with E-state index in [9.17, 15) is 4.39 Å². The molecule has 0 aliphatic heterocycles. The Morgan fingerprint density at radius 2 is 2.29 bits per heavy atom. The van der Waals surface area contributed by atoms with Crippen molar-refractivity contribution in [2.24, 2.45) is 5.73 Å². The number of nitrogens with two attached hydrogens (primary N) is 1. The molecule has 0 unspecified atom stereocenters. The fourth-order valence-electron chi connectivity index (χ4n) is 2.34. The molecule has 3 heteroatoms. The summed E-state index contributed by atoms with van der Waals surface area (Å²) in [6.45, 7) is 0.627. The second-order valence-corrected chi connectivity index (χ2v) is 4.03. The van der Waals surface area contributed by atoms with E-state index in [4.69, 9.17) is 5.73 Å². The van der Waals surface area contributed by atoms with Gasteiger partial charge in [-0.05, 0) is 42.9 Å². The van der Waals surface area contributed by atoms with Gasteiger partial charge < -0.3 is 5.73 Å². The summed E-state index contributed by atoms with van der Waals surface area (Å²) in [5.74, 6) is -0.180. The number of pyridine rings is 1. The Balaban J connectivity index is 2.32. The first-order chi connectivity index (χ1) is 6.78. The maximum absolute atomic E-state index is 13.5. The summed E-state index contributed by atoms with van der Waals surface area (Å²) in [5, 5.41) is 0. The molecular formula is C11H15FN2. The van der Waals surface area contributed by atoms with Crippen LogP contribution in [0.2, 0.25) is 0 Å². The highest BCUT2D eigenvalue weighted by atomic mass is 19.1. The third-order valence-electron chi connectivity index (χ3n) is 3.28. The quantitative estimate of drug-likeness (QED) is 0.799. The summed E-state index contributed by atoms with van der Waals surface area (Å²) < 4.78 is 13.5. The molecule has 1 aliphatic rings. The van der Waals surface area contributed by atoms with Gasteiger partial charge in [0.2, 0.25) is 0 Å². The zero-order valence-corrected chi connectivity index (χ0v) is 8.17. The lowest BCUT2D eigenvalue weighted by Gasteiger charge is -2.42. The van der Waals surface area contributed by atoms with Crippen molar-refractivity contribution in [2.75, 3.05) is 6.54 Å². The fourth-order valence-corrected chi connectivity index (χ4v) is 2.34. The van der Waals surface area contributed by atoms with E-state index in [1.54, 1.807) is 12.3 Å². The van der Waals surface area contributed by atoms with Crippen molar-refractivity contribution in [3.8, 4) is 0 Å². The van der Waals surface area contributed by atoms with Crippen molar-refractivity contribution in [1.82, 2.24) is 4.98 Å². The topological polar surface area (TPSA) is 38.9 Å². The molecule has 1 aliphatic carbocycles. The zero-order chi connectivity index (χ0) is 10.0. The van der Waals surface area contributed by atoms with E-state index < -0.39 is 0 Å². The van der Waals surface area contributed by atoms with Crippen LogP contribution in [0.25, 0.3) is 0 Å². The summed E-state index contributed by atoms with van der Waals surface area (Å²) >= 11 is 0. The van der Waals surface area contributed by atoms with E-state index in [0.717, 1.165) is 24.8 Å². The summed E-state index contributed by atoms with van der Waals surface area (Å²) in [7, 11) is 0. The predicted octanol–water partition coefficient (Wildman–Crippen LogP) is 1.99. The number of aromatic nitrogens is 1. The highest BCUT2D eigenvalue weighted by Crippen LogP contribution is 2.46. The Bertz CT molecular complexity index is 321. The summed E-state index contributed by atoms with van der Waals surface area (Å²) in [6.07, 6.45) is 7.15. The van der Waals surface area contributed by atoms with E-state index >= 15 is 0 Å². The molecule has 0 atom stereocenters. The Kier molecular flexibility index (Phi) is 2.50. The van der Waals surface area contributed by atoms with Crippen LogP contribution in [-0.2, 0) is 5.41 Å². The molecule has 0 spiro atoms. The van der Waals surface area contributed by atoms with Gasteiger partial charge in [0.25, 0.3) is 0 Å². The second-order valence-electron chi connectivity index (χ2n) is 4.03. The van der Waals surface area contributed by atoms with Crippen molar-refractivity contribution in [3.05, 3.63) is 29.8 Å². The minimum atomic E-state index is -0.180. The van der Waals surface area contributed by atoms with Gasteiger partial charge in [0.1, 0.15) is 5.82 Å². The molecule has 2 N–H and O–H groups in total. The molecule has 0 saturated heterocycles. The van der Waals surface area contributed by atoms with Crippen molar-refractivity contribution < 1.29 is 4.39 Å². The molecule has 0 bridgehead atoms. The fraction of sp³-hybridized carbons (Fsp3) is 0.545. The van der Waals surface area contributed by atoms with E-state index in [-0.39, 0.29) is 11.2 Å². The van der Waals surface area contributed by atoms with E-state index in [1.165, 1.54) is 12.6 Å². The van der Waals surface area contributed by atoms with Crippen LogP contribution < -0.4 is 5.73 Å². The van der Waals surface area contributed by atoms with Gasteiger partial charge in [-0.1, -0.05) is 6.42 Å². The minimum absolute atomic E-state index is 0.0156. The number of hydrogen-bond donors (Lipinski definition) is 1. The average Bonchev–Trinajstić information content (AvgIpc) is 2.13. The number of nitrogens with zero attached hydrogens (tertiary/aromatic N) is 1. The van der Waals surface area contributed by atoms with Crippen LogP contribution >= 0.6 is 0 Å². The lowest BCUT2D eigenvalue weighted by atomic mass is 9.62. The predicted molar refractivity (Wildman–Crippen MR) is 53.4 cm³/mol. The van der Waals surface area contributed by atoms with Crippen LogP contribution in [0.3, 0.4) is 0 Å². The number of hydrogen-bond acceptors (Lipinski definition) is 2. The normalized spacial score (nSPS) is 19.0. The van der Waals surface area contributed by atoms with Crippen LogP contribution in [0.1, 0.15) is 31.2 Å². The maximum Gasteiger partial charge on any atom is 0.145 e.